The Bertz CT molecular complexity index is 561. The Morgan fingerprint density at radius 2 is 1.70 bits per heavy atom. The number of hydrogen-bond acceptors (Lipinski definition) is 5. The van der Waals surface area contributed by atoms with E-state index in [1.165, 1.54) is 19.2 Å². The Kier molecular flexibility index (Phi) is 3.79. The highest BCUT2D eigenvalue weighted by Crippen LogP contribution is 2.21. The molecule has 20 heavy (non-hydrogen) atoms. The molecule has 1 aliphatic heterocycles. The number of fused-ring (bicyclic) bond motifs is 1. The highest BCUT2D eigenvalue weighted by atomic mass is 16.5. The summed E-state index contributed by atoms with van der Waals surface area (Å²) >= 11 is 0. The monoisotopic (exact) mass is 276 g/mol. The van der Waals surface area contributed by atoms with E-state index in [1.54, 1.807) is 12.1 Å². The minimum atomic E-state index is -0.610. The maximum absolute atomic E-state index is 12.0. The SMILES string of the molecule is COC(=O)CNC(=O)CN1C(=O)c2ccccc2C1=O. The Balaban J connectivity index is 2.02. The van der Waals surface area contributed by atoms with Gasteiger partial charge in [-0.3, -0.25) is 24.1 Å². The average Bonchev–Trinajstić information content (AvgIpc) is 2.70. The predicted molar refractivity (Wildman–Crippen MR) is 66.8 cm³/mol. The van der Waals surface area contributed by atoms with Crippen LogP contribution in [0.5, 0.6) is 0 Å². The van der Waals surface area contributed by atoms with Gasteiger partial charge in [0.25, 0.3) is 11.8 Å². The number of rotatable bonds is 4. The van der Waals surface area contributed by atoms with Crippen LogP contribution >= 0.6 is 0 Å². The van der Waals surface area contributed by atoms with E-state index in [1.807, 2.05) is 0 Å². The molecule has 7 nitrogen and oxygen atoms in total. The van der Waals surface area contributed by atoms with Crippen LogP contribution in [0, 0.1) is 0 Å². The van der Waals surface area contributed by atoms with Gasteiger partial charge in [0.2, 0.25) is 5.91 Å². The Morgan fingerprint density at radius 1 is 1.15 bits per heavy atom. The molecule has 0 saturated carbocycles. The number of ether oxygens (including phenoxy) is 1. The molecule has 0 fully saturated rings. The summed E-state index contributed by atoms with van der Waals surface area (Å²) in [6.07, 6.45) is 0. The van der Waals surface area contributed by atoms with Gasteiger partial charge < -0.3 is 10.1 Å². The molecule has 0 radical (unpaired) electrons. The van der Waals surface area contributed by atoms with Gasteiger partial charge in [0.15, 0.2) is 0 Å². The predicted octanol–water partition coefficient (Wildman–Crippen LogP) is -0.428. The lowest BCUT2D eigenvalue weighted by molar-refractivity contribution is -0.141. The molecule has 0 bridgehead atoms. The van der Waals surface area contributed by atoms with Gasteiger partial charge in [0.05, 0.1) is 18.2 Å². The van der Waals surface area contributed by atoms with E-state index in [2.05, 4.69) is 10.1 Å². The molecule has 1 heterocycles. The summed E-state index contributed by atoms with van der Waals surface area (Å²) in [4.78, 5) is 47.3. The Morgan fingerprint density at radius 3 is 2.20 bits per heavy atom. The molecule has 0 unspecified atom stereocenters. The molecule has 1 aromatic rings. The fourth-order valence-electron chi connectivity index (χ4n) is 1.83. The van der Waals surface area contributed by atoms with Crippen LogP contribution < -0.4 is 5.32 Å². The second kappa shape index (κ2) is 5.52. The first-order valence-corrected chi connectivity index (χ1v) is 5.83. The molecular formula is C13H12N2O5. The van der Waals surface area contributed by atoms with Crippen molar-refractivity contribution in [3.05, 3.63) is 35.4 Å². The van der Waals surface area contributed by atoms with Crippen LogP contribution in [0.3, 0.4) is 0 Å². The molecule has 0 saturated heterocycles. The third-order valence-corrected chi connectivity index (χ3v) is 2.84. The maximum atomic E-state index is 12.0. The number of esters is 1. The molecule has 3 amide bonds. The van der Waals surface area contributed by atoms with E-state index in [0.29, 0.717) is 0 Å². The molecule has 0 atom stereocenters. The number of hydrogen-bond donors (Lipinski definition) is 1. The van der Waals surface area contributed by atoms with Crippen molar-refractivity contribution in [3.63, 3.8) is 0 Å². The van der Waals surface area contributed by atoms with Gasteiger partial charge in [-0.25, -0.2) is 0 Å². The highest BCUT2D eigenvalue weighted by molar-refractivity contribution is 6.22. The van der Waals surface area contributed by atoms with Gasteiger partial charge in [0.1, 0.15) is 13.1 Å². The van der Waals surface area contributed by atoms with Gasteiger partial charge in [-0.05, 0) is 12.1 Å². The summed E-state index contributed by atoms with van der Waals surface area (Å²) in [6.45, 7) is -0.734. The van der Waals surface area contributed by atoms with Crippen molar-refractivity contribution in [2.45, 2.75) is 0 Å². The molecule has 0 aromatic heterocycles. The van der Waals surface area contributed by atoms with Gasteiger partial charge in [-0.15, -0.1) is 0 Å². The zero-order valence-corrected chi connectivity index (χ0v) is 10.7. The number of carbonyl (C=O) groups excluding carboxylic acids is 4. The zero-order valence-electron chi connectivity index (χ0n) is 10.7. The molecule has 1 aliphatic rings. The van der Waals surface area contributed by atoms with Crippen molar-refractivity contribution in [2.75, 3.05) is 20.2 Å². The first kappa shape index (κ1) is 13.7. The van der Waals surface area contributed by atoms with Crippen LogP contribution in [0.25, 0.3) is 0 Å². The average molecular weight is 276 g/mol. The number of imide groups is 1. The molecule has 7 heteroatoms. The second-order valence-electron chi connectivity index (χ2n) is 4.09. The third kappa shape index (κ3) is 2.51. The van der Waals surface area contributed by atoms with Crippen molar-refractivity contribution in [2.24, 2.45) is 0 Å². The lowest BCUT2D eigenvalue weighted by Gasteiger charge is -2.13. The van der Waals surface area contributed by atoms with Crippen molar-refractivity contribution < 1.29 is 23.9 Å². The number of nitrogens with one attached hydrogen (secondary N) is 1. The van der Waals surface area contributed by atoms with Gasteiger partial charge in [0, 0.05) is 0 Å². The molecule has 104 valence electrons. The van der Waals surface area contributed by atoms with E-state index in [9.17, 15) is 19.2 Å². The fraction of sp³-hybridized carbons (Fsp3) is 0.231. The lowest BCUT2D eigenvalue weighted by atomic mass is 10.1. The van der Waals surface area contributed by atoms with E-state index in [4.69, 9.17) is 0 Å². The zero-order chi connectivity index (χ0) is 14.7. The first-order valence-electron chi connectivity index (χ1n) is 5.83. The second-order valence-corrected chi connectivity index (χ2v) is 4.09. The van der Waals surface area contributed by atoms with Crippen LogP contribution in [0.15, 0.2) is 24.3 Å². The molecule has 1 aromatic carbocycles. The third-order valence-electron chi connectivity index (χ3n) is 2.84. The Hall–Kier alpha value is -2.70. The summed E-state index contributed by atoms with van der Waals surface area (Å²) in [5, 5.41) is 2.27. The summed E-state index contributed by atoms with van der Waals surface area (Å²) in [7, 11) is 1.19. The molecule has 0 aliphatic carbocycles. The smallest absolute Gasteiger partial charge is 0.325 e. The quantitative estimate of drug-likeness (QED) is 0.595. The number of benzene rings is 1. The van der Waals surface area contributed by atoms with Gasteiger partial charge >= 0.3 is 5.97 Å². The van der Waals surface area contributed by atoms with Crippen LogP contribution in [-0.4, -0.2) is 48.8 Å². The van der Waals surface area contributed by atoms with Crippen molar-refractivity contribution in [1.82, 2.24) is 10.2 Å². The highest BCUT2D eigenvalue weighted by Gasteiger charge is 2.36. The fourth-order valence-corrected chi connectivity index (χ4v) is 1.83. The van der Waals surface area contributed by atoms with E-state index in [0.717, 1.165) is 4.90 Å². The number of carbonyl (C=O) groups is 4. The number of nitrogens with zero attached hydrogens (tertiary/aromatic N) is 1. The Labute approximate surface area is 114 Å². The number of methoxy groups -OCH3 is 1. The van der Waals surface area contributed by atoms with E-state index < -0.39 is 30.2 Å². The lowest BCUT2D eigenvalue weighted by Crippen LogP contribution is -2.41. The van der Waals surface area contributed by atoms with Gasteiger partial charge in [-0.1, -0.05) is 12.1 Å². The minimum Gasteiger partial charge on any atom is -0.468 e. The first-order chi connectivity index (χ1) is 9.54. The van der Waals surface area contributed by atoms with Crippen molar-refractivity contribution in [3.8, 4) is 0 Å². The maximum Gasteiger partial charge on any atom is 0.325 e. The number of amides is 3. The summed E-state index contributed by atoms with van der Waals surface area (Å²) in [5.74, 6) is -2.25. The molecule has 0 spiro atoms. The van der Waals surface area contributed by atoms with Crippen LogP contribution in [-0.2, 0) is 14.3 Å². The van der Waals surface area contributed by atoms with Crippen molar-refractivity contribution in [1.29, 1.82) is 0 Å². The standard InChI is InChI=1S/C13H12N2O5/c1-20-11(17)6-14-10(16)7-15-12(18)8-4-2-3-5-9(8)13(15)19/h2-5H,6-7H2,1H3,(H,14,16). The van der Waals surface area contributed by atoms with Gasteiger partial charge in [-0.2, -0.15) is 0 Å². The largest absolute Gasteiger partial charge is 0.468 e. The molecular weight excluding hydrogens is 264 g/mol. The van der Waals surface area contributed by atoms with Crippen LogP contribution in [0.1, 0.15) is 20.7 Å². The summed E-state index contributed by atoms with van der Waals surface area (Å²) < 4.78 is 4.36. The minimum absolute atomic E-state index is 0.276. The topological polar surface area (TPSA) is 92.8 Å². The summed E-state index contributed by atoms with van der Waals surface area (Å²) in [6, 6.07) is 6.35. The van der Waals surface area contributed by atoms with Crippen LogP contribution in [0.4, 0.5) is 0 Å². The normalized spacial score (nSPS) is 13.2. The molecule has 1 N–H and O–H groups in total. The van der Waals surface area contributed by atoms with E-state index >= 15 is 0 Å². The van der Waals surface area contributed by atoms with Crippen molar-refractivity contribution >= 4 is 23.7 Å². The van der Waals surface area contributed by atoms with E-state index in [-0.39, 0.29) is 17.7 Å². The molecule has 2 rings (SSSR count). The van der Waals surface area contributed by atoms with Crippen LogP contribution in [0.2, 0.25) is 0 Å². The summed E-state index contributed by atoms with van der Waals surface area (Å²) in [5.41, 5.74) is 0.552.